The predicted molar refractivity (Wildman–Crippen MR) is 79.1 cm³/mol. The Hall–Kier alpha value is -0.980. The SMILES string of the molecule is CCCCCCCCC(CC)Oc1ccccc1. The molecular formula is C17H28O. The third-order valence-corrected chi connectivity index (χ3v) is 3.38. The topological polar surface area (TPSA) is 9.23 Å². The maximum atomic E-state index is 5.99. The largest absolute Gasteiger partial charge is 0.490 e. The average molecular weight is 248 g/mol. The van der Waals surface area contributed by atoms with E-state index in [4.69, 9.17) is 4.74 Å². The van der Waals surface area contributed by atoms with Crippen molar-refractivity contribution in [3.8, 4) is 5.75 Å². The van der Waals surface area contributed by atoms with Crippen LogP contribution in [0.15, 0.2) is 30.3 Å². The van der Waals surface area contributed by atoms with E-state index in [0.29, 0.717) is 6.10 Å². The van der Waals surface area contributed by atoms with Crippen LogP contribution in [-0.2, 0) is 0 Å². The maximum absolute atomic E-state index is 5.99. The van der Waals surface area contributed by atoms with E-state index in [1.807, 2.05) is 30.3 Å². The molecule has 18 heavy (non-hydrogen) atoms. The summed E-state index contributed by atoms with van der Waals surface area (Å²) in [6.45, 7) is 4.48. The number of ether oxygens (including phenoxy) is 1. The molecule has 0 saturated carbocycles. The Bertz CT molecular complexity index is 281. The lowest BCUT2D eigenvalue weighted by Gasteiger charge is -2.17. The molecule has 0 aliphatic heterocycles. The third kappa shape index (κ3) is 6.68. The minimum atomic E-state index is 0.388. The summed E-state index contributed by atoms with van der Waals surface area (Å²) in [4.78, 5) is 0. The van der Waals surface area contributed by atoms with Gasteiger partial charge in [0.15, 0.2) is 0 Å². The molecule has 102 valence electrons. The van der Waals surface area contributed by atoms with Crippen LogP contribution in [0.3, 0.4) is 0 Å². The van der Waals surface area contributed by atoms with Gasteiger partial charge in [-0.2, -0.15) is 0 Å². The molecule has 0 aliphatic carbocycles. The van der Waals surface area contributed by atoms with Crippen molar-refractivity contribution in [3.05, 3.63) is 30.3 Å². The van der Waals surface area contributed by atoms with E-state index in [2.05, 4.69) is 13.8 Å². The van der Waals surface area contributed by atoms with Gasteiger partial charge in [-0.15, -0.1) is 0 Å². The van der Waals surface area contributed by atoms with E-state index < -0.39 is 0 Å². The lowest BCUT2D eigenvalue weighted by atomic mass is 10.1. The summed E-state index contributed by atoms with van der Waals surface area (Å²) < 4.78 is 5.99. The molecule has 0 saturated heterocycles. The number of rotatable bonds is 10. The van der Waals surface area contributed by atoms with Crippen molar-refractivity contribution in [2.75, 3.05) is 0 Å². The molecule has 0 heterocycles. The van der Waals surface area contributed by atoms with Crippen molar-refractivity contribution in [2.45, 2.75) is 71.3 Å². The summed E-state index contributed by atoms with van der Waals surface area (Å²) in [5.41, 5.74) is 0. The Morgan fingerprint density at radius 2 is 1.56 bits per heavy atom. The van der Waals surface area contributed by atoms with Crippen LogP contribution < -0.4 is 4.74 Å². The van der Waals surface area contributed by atoms with Crippen molar-refractivity contribution in [2.24, 2.45) is 0 Å². The Balaban J connectivity index is 2.14. The second-order valence-electron chi connectivity index (χ2n) is 5.02. The molecule has 0 aliphatic rings. The summed E-state index contributed by atoms with van der Waals surface area (Å²) in [5, 5.41) is 0. The average Bonchev–Trinajstić information content (AvgIpc) is 2.42. The second kappa shape index (κ2) is 9.99. The molecule has 0 N–H and O–H groups in total. The Kier molecular flexibility index (Phi) is 8.37. The number of unbranched alkanes of at least 4 members (excludes halogenated alkanes) is 5. The van der Waals surface area contributed by atoms with Crippen molar-refractivity contribution in [3.63, 3.8) is 0 Å². The number of hydrogen-bond acceptors (Lipinski definition) is 1. The Morgan fingerprint density at radius 3 is 2.22 bits per heavy atom. The van der Waals surface area contributed by atoms with Gasteiger partial charge in [-0.1, -0.05) is 64.2 Å². The van der Waals surface area contributed by atoms with Gasteiger partial charge in [0, 0.05) is 0 Å². The fourth-order valence-electron chi connectivity index (χ4n) is 2.19. The van der Waals surface area contributed by atoms with Gasteiger partial charge in [0.1, 0.15) is 5.75 Å². The highest BCUT2D eigenvalue weighted by Crippen LogP contribution is 2.17. The van der Waals surface area contributed by atoms with Crippen LogP contribution in [0.5, 0.6) is 5.75 Å². The molecule has 1 heteroatoms. The fourth-order valence-corrected chi connectivity index (χ4v) is 2.19. The first kappa shape index (κ1) is 15.1. The van der Waals surface area contributed by atoms with E-state index in [9.17, 15) is 0 Å². The van der Waals surface area contributed by atoms with Crippen molar-refractivity contribution >= 4 is 0 Å². The summed E-state index contributed by atoms with van der Waals surface area (Å²) in [6.07, 6.45) is 10.8. The van der Waals surface area contributed by atoms with Gasteiger partial charge in [-0.3, -0.25) is 0 Å². The zero-order chi connectivity index (χ0) is 13.1. The number of hydrogen-bond donors (Lipinski definition) is 0. The van der Waals surface area contributed by atoms with Gasteiger partial charge < -0.3 is 4.74 Å². The molecule has 1 aromatic rings. The van der Waals surface area contributed by atoms with Gasteiger partial charge in [0.2, 0.25) is 0 Å². The van der Waals surface area contributed by atoms with Gasteiger partial charge in [-0.05, 0) is 31.4 Å². The molecule has 1 atom stereocenters. The summed E-state index contributed by atoms with van der Waals surface area (Å²) in [7, 11) is 0. The van der Waals surface area contributed by atoms with Gasteiger partial charge >= 0.3 is 0 Å². The normalized spacial score (nSPS) is 12.3. The highest BCUT2D eigenvalue weighted by Gasteiger charge is 2.07. The molecule has 0 radical (unpaired) electrons. The van der Waals surface area contributed by atoms with Crippen LogP contribution in [0.4, 0.5) is 0 Å². The van der Waals surface area contributed by atoms with Crippen LogP contribution in [0, 0.1) is 0 Å². The minimum Gasteiger partial charge on any atom is -0.490 e. The standard InChI is InChI=1S/C17H28O/c1-3-5-6-7-8-10-13-16(4-2)18-17-14-11-9-12-15-17/h9,11-12,14-16H,3-8,10,13H2,1-2H3. The van der Waals surface area contributed by atoms with Gasteiger partial charge in [-0.25, -0.2) is 0 Å². The van der Waals surface area contributed by atoms with Crippen LogP contribution in [-0.4, -0.2) is 6.10 Å². The lowest BCUT2D eigenvalue weighted by molar-refractivity contribution is 0.182. The fraction of sp³-hybridized carbons (Fsp3) is 0.647. The lowest BCUT2D eigenvalue weighted by Crippen LogP contribution is -2.15. The summed E-state index contributed by atoms with van der Waals surface area (Å²) in [5.74, 6) is 1.01. The predicted octanol–water partition coefficient (Wildman–Crippen LogP) is 5.59. The third-order valence-electron chi connectivity index (χ3n) is 3.38. The van der Waals surface area contributed by atoms with Crippen molar-refractivity contribution in [1.82, 2.24) is 0 Å². The monoisotopic (exact) mass is 248 g/mol. The van der Waals surface area contributed by atoms with Gasteiger partial charge in [0.05, 0.1) is 6.10 Å². The highest BCUT2D eigenvalue weighted by atomic mass is 16.5. The van der Waals surface area contributed by atoms with Crippen molar-refractivity contribution in [1.29, 1.82) is 0 Å². The smallest absolute Gasteiger partial charge is 0.119 e. The molecule has 0 fully saturated rings. The quantitative estimate of drug-likeness (QED) is 0.490. The molecule has 1 rings (SSSR count). The Morgan fingerprint density at radius 1 is 0.889 bits per heavy atom. The first-order chi connectivity index (χ1) is 8.86. The number of benzene rings is 1. The van der Waals surface area contributed by atoms with Crippen molar-refractivity contribution < 1.29 is 4.74 Å². The van der Waals surface area contributed by atoms with Crippen LogP contribution in [0.2, 0.25) is 0 Å². The van der Waals surface area contributed by atoms with Crippen LogP contribution >= 0.6 is 0 Å². The molecule has 1 unspecified atom stereocenters. The van der Waals surface area contributed by atoms with E-state index in [-0.39, 0.29) is 0 Å². The number of para-hydroxylation sites is 1. The first-order valence-corrected chi connectivity index (χ1v) is 7.58. The molecule has 0 bridgehead atoms. The maximum Gasteiger partial charge on any atom is 0.119 e. The molecule has 1 aromatic carbocycles. The van der Waals surface area contributed by atoms with E-state index in [1.54, 1.807) is 0 Å². The van der Waals surface area contributed by atoms with Gasteiger partial charge in [0.25, 0.3) is 0 Å². The van der Waals surface area contributed by atoms with E-state index in [0.717, 1.165) is 12.2 Å². The second-order valence-corrected chi connectivity index (χ2v) is 5.02. The molecule has 0 aromatic heterocycles. The molecule has 0 spiro atoms. The Labute approximate surface area is 113 Å². The van der Waals surface area contributed by atoms with Crippen LogP contribution in [0.25, 0.3) is 0 Å². The van der Waals surface area contributed by atoms with E-state index in [1.165, 1.54) is 44.9 Å². The zero-order valence-electron chi connectivity index (χ0n) is 12.0. The highest BCUT2D eigenvalue weighted by molar-refractivity contribution is 5.21. The molecule has 0 amide bonds. The molecular weight excluding hydrogens is 220 g/mol. The minimum absolute atomic E-state index is 0.388. The summed E-state index contributed by atoms with van der Waals surface area (Å²) >= 11 is 0. The van der Waals surface area contributed by atoms with Crippen LogP contribution in [0.1, 0.15) is 65.2 Å². The summed E-state index contributed by atoms with van der Waals surface area (Å²) in [6, 6.07) is 10.2. The zero-order valence-corrected chi connectivity index (χ0v) is 12.0. The van der Waals surface area contributed by atoms with E-state index >= 15 is 0 Å². The molecule has 1 nitrogen and oxygen atoms in total. The first-order valence-electron chi connectivity index (χ1n) is 7.58.